The molecule has 1 N–H and O–H groups in total. The predicted octanol–water partition coefficient (Wildman–Crippen LogP) is 2.47. The van der Waals surface area contributed by atoms with Gasteiger partial charge in [0.15, 0.2) is 0 Å². The van der Waals surface area contributed by atoms with Gasteiger partial charge in [0.2, 0.25) is 11.8 Å². The van der Waals surface area contributed by atoms with E-state index in [1.165, 1.54) is 0 Å². The molecule has 1 aromatic rings. The number of hydrogen-bond acceptors (Lipinski definition) is 4. The van der Waals surface area contributed by atoms with Crippen LogP contribution >= 0.6 is 11.6 Å². The van der Waals surface area contributed by atoms with Crippen LogP contribution < -0.4 is 10.1 Å². The molecule has 0 spiro atoms. The van der Waals surface area contributed by atoms with Crippen molar-refractivity contribution in [2.75, 3.05) is 18.3 Å². The number of halogens is 1. The molecule has 1 aromatic heterocycles. The summed E-state index contributed by atoms with van der Waals surface area (Å²) in [5.74, 6) is 2.08. The first kappa shape index (κ1) is 13.0. The van der Waals surface area contributed by atoms with Crippen LogP contribution in [0.5, 0.6) is 5.88 Å². The zero-order chi connectivity index (χ0) is 12.1. The molecule has 0 aromatic carbocycles. The van der Waals surface area contributed by atoms with E-state index in [-0.39, 0.29) is 6.04 Å². The average molecular weight is 244 g/mol. The molecule has 1 heterocycles. The molecule has 0 radical (unpaired) electrons. The first-order chi connectivity index (χ1) is 7.56. The number of alkyl halides is 1. The number of ether oxygens (including phenoxy) is 1. The van der Waals surface area contributed by atoms with E-state index in [9.17, 15) is 0 Å². The number of anilines is 1. The van der Waals surface area contributed by atoms with Crippen LogP contribution in [0.4, 0.5) is 5.95 Å². The van der Waals surface area contributed by atoms with Gasteiger partial charge in [-0.05, 0) is 12.8 Å². The van der Waals surface area contributed by atoms with Crippen LogP contribution in [0.1, 0.15) is 19.5 Å². The molecule has 1 atom stereocenters. The second-order valence-corrected chi connectivity index (χ2v) is 4.33. The number of aryl methyl sites for hydroxylation is 1. The molecule has 16 heavy (non-hydrogen) atoms. The van der Waals surface area contributed by atoms with Crippen molar-refractivity contribution >= 4 is 17.5 Å². The molecule has 90 valence electrons. The van der Waals surface area contributed by atoms with Crippen molar-refractivity contribution in [2.45, 2.75) is 26.8 Å². The molecule has 0 amide bonds. The van der Waals surface area contributed by atoms with Crippen molar-refractivity contribution < 1.29 is 4.74 Å². The van der Waals surface area contributed by atoms with Crippen molar-refractivity contribution in [1.82, 2.24) is 9.97 Å². The van der Waals surface area contributed by atoms with Gasteiger partial charge >= 0.3 is 0 Å². The highest BCUT2D eigenvalue weighted by Crippen LogP contribution is 2.14. The number of methoxy groups -OCH3 is 1. The van der Waals surface area contributed by atoms with Crippen molar-refractivity contribution in [2.24, 2.45) is 5.92 Å². The van der Waals surface area contributed by atoms with E-state index in [4.69, 9.17) is 16.3 Å². The lowest BCUT2D eigenvalue weighted by atomic mass is 10.1. The van der Waals surface area contributed by atoms with Gasteiger partial charge in [-0.15, -0.1) is 11.6 Å². The standard InChI is InChI=1S/C11H18ClN3O/c1-7(2)9(6-12)14-11-13-8(3)5-10(15-11)16-4/h5,7,9H,6H2,1-4H3,(H,13,14,15). The zero-order valence-corrected chi connectivity index (χ0v) is 10.9. The van der Waals surface area contributed by atoms with Crippen molar-refractivity contribution in [3.05, 3.63) is 11.8 Å². The van der Waals surface area contributed by atoms with Crippen LogP contribution in [0, 0.1) is 12.8 Å². The monoisotopic (exact) mass is 243 g/mol. The van der Waals surface area contributed by atoms with Gasteiger partial charge in [0.1, 0.15) is 0 Å². The van der Waals surface area contributed by atoms with Gasteiger partial charge in [-0.2, -0.15) is 4.98 Å². The first-order valence-electron chi connectivity index (χ1n) is 5.29. The van der Waals surface area contributed by atoms with E-state index < -0.39 is 0 Å². The number of nitrogens with zero attached hydrogens (tertiary/aromatic N) is 2. The smallest absolute Gasteiger partial charge is 0.226 e. The summed E-state index contributed by atoms with van der Waals surface area (Å²) in [6.07, 6.45) is 0. The first-order valence-corrected chi connectivity index (χ1v) is 5.82. The Kier molecular flexibility index (Phi) is 4.80. The molecule has 0 aliphatic carbocycles. The molecule has 4 nitrogen and oxygen atoms in total. The number of nitrogens with one attached hydrogen (secondary N) is 1. The fraction of sp³-hybridized carbons (Fsp3) is 0.636. The van der Waals surface area contributed by atoms with E-state index in [1.807, 2.05) is 6.92 Å². The van der Waals surface area contributed by atoms with Crippen molar-refractivity contribution in [1.29, 1.82) is 0 Å². The quantitative estimate of drug-likeness (QED) is 0.808. The largest absolute Gasteiger partial charge is 0.481 e. The molecule has 0 saturated carbocycles. The molecule has 0 aliphatic heterocycles. The third-order valence-electron chi connectivity index (χ3n) is 2.33. The summed E-state index contributed by atoms with van der Waals surface area (Å²) in [5, 5.41) is 3.21. The lowest BCUT2D eigenvalue weighted by Crippen LogP contribution is -2.28. The Morgan fingerprint density at radius 3 is 2.62 bits per heavy atom. The summed E-state index contributed by atoms with van der Waals surface area (Å²) in [6, 6.07) is 1.95. The van der Waals surface area contributed by atoms with Gasteiger partial charge < -0.3 is 10.1 Å². The van der Waals surface area contributed by atoms with Gasteiger partial charge in [0.25, 0.3) is 0 Å². The van der Waals surface area contributed by atoms with Gasteiger partial charge in [-0.1, -0.05) is 13.8 Å². The maximum Gasteiger partial charge on any atom is 0.226 e. The van der Waals surface area contributed by atoms with Crippen LogP contribution in [0.3, 0.4) is 0 Å². The predicted molar refractivity (Wildman–Crippen MR) is 66.3 cm³/mol. The van der Waals surface area contributed by atoms with E-state index in [2.05, 4.69) is 29.1 Å². The van der Waals surface area contributed by atoms with Gasteiger partial charge in [-0.3, -0.25) is 0 Å². The molecule has 0 saturated heterocycles. The number of rotatable bonds is 5. The van der Waals surface area contributed by atoms with Gasteiger partial charge in [-0.25, -0.2) is 4.98 Å². The van der Waals surface area contributed by atoms with Gasteiger partial charge in [0.05, 0.1) is 7.11 Å². The maximum atomic E-state index is 5.88. The summed E-state index contributed by atoms with van der Waals surface area (Å²) in [5.41, 5.74) is 0.867. The minimum absolute atomic E-state index is 0.160. The maximum absolute atomic E-state index is 5.88. The summed E-state index contributed by atoms with van der Waals surface area (Å²) in [7, 11) is 1.59. The fourth-order valence-corrected chi connectivity index (χ4v) is 1.69. The zero-order valence-electron chi connectivity index (χ0n) is 10.1. The van der Waals surface area contributed by atoms with Gasteiger partial charge in [0, 0.05) is 23.7 Å². The normalized spacial score (nSPS) is 12.6. The van der Waals surface area contributed by atoms with Crippen molar-refractivity contribution in [3.63, 3.8) is 0 Å². The summed E-state index contributed by atoms with van der Waals surface area (Å²) >= 11 is 5.88. The summed E-state index contributed by atoms with van der Waals surface area (Å²) in [4.78, 5) is 8.51. The molecule has 0 aliphatic rings. The van der Waals surface area contributed by atoms with Crippen LogP contribution in [0.2, 0.25) is 0 Å². The summed E-state index contributed by atoms with van der Waals surface area (Å²) < 4.78 is 5.09. The molecular weight excluding hydrogens is 226 g/mol. The van der Waals surface area contributed by atoms with E-state index in [1.54, 1.807) is 13.2 Å². The minimum Gasteiger partial charge on any atom is -0.481 e. The number of aromatic nitrogens is 2. The highest BCUT2D eigenvalue weighted by atomic mass is 35.5. The minimum atomic E-state index is 0.160. The third kappa shape index (κ3) is 3.52. The van der Waals surface area contributed by atoms with Crippen LogP contribution in [0.25, 0.3) is 0 Å². The Morgan fingerprint density at radius 1 is 1.44 bits per heavy atom. The van der Waals surface area contributed by atoms with Crippen LogP contribution in [-0.2, 0) is 0 Å². The molecule has 0 bridgehead atoms. The van der Waals surface area contributed by atoms with E-state index in [0.717, 1.165) is 5.69 Å². The topological polar surface area (TPSA) is 47.0 Å². The average Bonchev–Trinajstić information content (AvgIpc) is 2.24. The Hall–Kier alpha value is -1.03. The lowest BCUT2D eigenvalue weighted by molar-refractivity contribution is 0.396. The molecule has 0 fully saturated rings. The molecule has 1 unspecified atom stereocenters. The Balaban J connectivity index is 2.83. The second-order valence-electron chi connectivity index (χ2n) is 4.02. The van der Waals surface area contributed by atoms with E-state index >= 15 is 0 Å². The molecular formula is C11H18ClN3O. The SMILES string of the molecule is COc1cc(C)nc(NC(CCl)C(C)C)n1. The van der Waals surface area contributed by atoms with Crippen LogP contribution in [-0.4, -0.2) is 29.0 Å². The molecule has 5 heteroatoms. The Labute approximate surface area is 101 Å². The molecule has 1 rings (SSSR count). The highest BCUT2D eigenvalue weighted by Gasteiger charge is 2.13. The Bertz CT molecular complexity index is 344. The number of hydrogen-bond donors (Lipinski definition) is 1. The fourth-order valence-electron chi connectivity index (χ4n) is 1.26. The second kappa shape index (κ2) is 5.89. The Morgan fingerprint density at radius 2 is 2.12 bits per heavy atom. The third-order valence-corrected chi connectivity index (χ3v) is 2.66. The van der Waals surface area contributed by atoms with Crippen LogP contribution in [0.15, 0.2) is 6.07 Å². The highest BCUT2D eigenvalue weighted by molar-refractivity contribution is 6.18. The summed E-state index contributed by atoms with van der Waals surface area (Å²) in [6.45, 7) is 6.11. The van der Waals surface area contributed by atoms with Crippen molar-refractivity contribution in [3.8, 4) is 5.88 Å². The lowest BCUT2D eigenvalue weighted by Gasteiger charge is -2.19. The van der Waals surface area contributed by atoms with E-state index in [0.29, 0.717) is 23.6 Å².